The molecule has 1 aliphatic carbocycles. The Morgan fingerprint density at radius 3 is 2.69 bits per heavy atom. The SMILES string of the molecule is Cc1c(C(=O)O)n[nH]c1C1CCC1. The van der Waals surface area contributed by atoms with Crippen molar-refractivity contribution in [1.29, 1.82) is 0 Å². The monoisotopic (exact) mass is 180 g/mol. The Hall–Kier alpha value is -1.32. The van der Waals surface area contributed by atoms with E-state index in [0.717, 1.165) is 24.1 Å². The highest BCUT2D eigenvalue weighted by Crippen LogP contribution is 2.37. The Morgan fingerprint density at radius 2 is 2.31 bits per heavy atom. The van der Waals surface area contributed by atoms with Crippen LogP contribution in [0.5, 0.6) is 0 Å². The summed E-state index contributed by atoms with van der Waals surface area (Å²) in [5, 5.41) is 15.4. The lowest BCUT2D eigenvalue weighted by Gasteiger charge is -2.24. The number of aromatic carboxylic acids is 1. The van der Waals surface area contributed by atoms with Gasteiger partial charge in [0.1, 0.15) is 0 Å². The first-order valence-corrected chi connectivity index (χ1v) is 4.48. The van der Waals surface area contributed by atoms with Crippen LogP contribution in [-0.2, 0) is 0 Å². The highest BCUT2D eigenvalue weighted by molar-refractivity contribution is 5.87. The Balaban J connectivity index is 2.32. The molecule has 0 unspecified atom stereocenters. The van der Waals surface area contributed by atoms with Crippen molar-refractivity contribution in [2.24, 2.45) is 0 Å². The summed E-state index contributed by atoms with van der Waals surface area (Å²) in [6, 6.07) is 0. The van der Waals surface area contributed by atoms with Gasteiger partial charge in [-0.2, -0.15) is 5.10 Å². The quantitative estimate of drug-likeness (QED) is 0.727. The molecule has 1 aliphatic rings. The van der Waals surface area contributed by atoms with Crippen molar-refractivity contribution in [3.05, 3.63) is 17.0 Å². The molecule has 4 heteroatoms. The number of carboxylic acids is 1. The summed E-state index contributed by atoms with van der Waals surface area (Å²) in [6.07, 6.45) is 3.55. The van der Waals surface area contributed by atoms with Gasteiger partial charge in [0, 0.05) is 17.2 Å². The minimum absolute atomic E-state index is 0.168. The van der Waals surface area contributed by atoms with Crippen LogP contribution in [-0.4, -0.2) is 21.3 Å². The second kappa shape index (κ2) is 2.87. The summed E-state index contributed by atoms with van der Waals surface area (Å²) in [4.78, 5) is 10.7. The van der Waals surface area contributed by atoms with Gasteiger partial charge in [0.25, 0.3) is 0 Å². The molecular weight excluding hydrogens is 168 g/mol. The van der Waals surface area contributed by atoms with Crippen LogP contribution in [0.25, 0.3) is 0 Å². The summed E-state index contributed by atoms with van der Waals surface area (Å²) in [5.74, 6) is -0.431. The van der Waals surface area contributed by atoms with Crippen molar-refractivity contribution < 1.29 is 9.90 Å². The number of rotatable bonds is 2. The van der Waals surface area contributed by atoms with E-state index in [1.807, 2.05) is 6.92 Å². The molecule has 1 heterocycles. The van der Waals surface area contributed by atoms with Crippen molar-refractivity contribution in [2.45, 2.75) is 32.1 Å². The fourth-order valence-electron chi connectivity index (χ4n) is 1.71. The minimum atomic E-state index is -0.945. The third kappa shape index (κ3) is 1.22. The van der Waals surface area contributed by atoms with Crippen LogP contribution >= 0.6 is 0 Å². The summed E-state index contributed by atoms with van der Waals surface area (Å²) in [7, 11) is 0. The number of hydrogen-bond donors (Lipinski definition) is 2. The average Bonchev–Trinajstić information content (AvgIpc) is 2.29. The number of carboxylic acid groups (broad SMARTS) is 1. The maximum atomic E-state index is 10.7. The van der Waals surface area contributed by atoms with Gasteiger partial charge >= 0.3 is 5.97 Å². The molecule has 0 atom stereocenters. The van der Waals surface area contributed by atoms with E-state index in [1.165, 1.54) is 6.42 Å². The summed E-state index contributed by atoms with van der Waals surface area (Å²) in [6.45, 7) is 1.82. The van der Waals surface area contributed by atoms with E-state index in [9.17, 15) is 4.79 Å². The summed E-state index contributed by atoms with van der Waals surface area (Å²) in [5.41, 5.74) is 1.99. The van der Waals surface area contributed by atoms with E-state index in [-0.39, 0.29) is 5.69 Å². The zero-order valence-electron chi connectivity index (χ0n) is 7.50. The van der Waals surface area contributed by atoms with Crippen molar-refractivity contribution in [1.82, 2.24) is 10.2 Å². The fourth-order valence-corrected chi connectivity index (χ4v) is 1.71. The molecule has 2 rings (SSSR count). The maximum absolute atomic E-state index is 10.7. The van der Waals surface area contributed by atoms with E-state index < -0.39 is 5.97 Å². The van der Waals surface area contributed by atoms with E-state index in [2.05, 4.69) is 10.2 Å². The van der Waals surface area contributed by atoms with Crippen LogP contribution < -0.4 is 0 Å². The number of carbonyl (C=O) groups is 1. The van der Waals surface area contributed by atoms with Gasteiger partial charge in [0.15, 0.2) is 5.69 Å². The van der Waals surface area contributed by atoms with Gasteiger partial charge in [-0.3, -0.25) is 5.10 Å². The largest absolute Gasteiger partial charge is 0.476 e. The van der Waals surface area contributed by atoms with Crippen LogP contribution in [0, 0.1) is 6.92 Å². The van der Waals surface area contributed by atoms with Gasteiger partial charge in [-0.1, -0.05) is 6.42 Å². The molecule has 70 valence electrons. The normalized spacial score (nSPS) is 17.0. The summed E-state index contributed by atoms with van der Waals surface area (Å²) < 4.78 is 0. The molecule has 0 aliphatic heterocycles. The third-order valence-corrected chi connectivity index (χ3v) is 2.76. The lowest BCUT2D eigenvalue weighted by molar-refractivity contribution is 0.0689. The second-order valence-electron chi connectivity index (χ2n) is 3.54. The molecule has 0 radical (unpaired) electrons. The number of hydrogen-bond acceptors (Lipinski definition) is 2. The smallest absolute Gasteiger partial charge is 0.356 e. The number of aromatic amines is 1. The second-order valence-corrected chi connectivity index (χ2v) is 3.54. The first kappa shape index (κ1) is 8.29. The molecular formula is C9H12N2O2. The molecule has 0 aromatic carbocycles. The molecule has 1 fully saturated rings. The molecule has 4 nitrogen and oxygen atoms in total. The molecule has 0 saturated heterocycles. The first-order valence-electron chi connectivity index (χ1n) is 4.48. The Morgan fingerprint density at radius 1 is 1.62 bits per heavy atom. The van der Waals surface area contributed by atoms with E-state index in [0.29, 0.717) is 5.92 Å². The van der Waals surface area contributed by atoms with Gasteiger partial charge in [0.05, 0.1) is 0 Å². The number of nitrogens with one attached hydrogen (secondary N) is 1. The fraction of sp³-hybridized carbons (Fsp3) is 0.556. The molecule has 13 heavy (non-hydrogen) atoms. The highest BCUT2D eigenvalue weighted by atomic mass is 16.4. The van der Waals surface area contributed by atoms with Crippen molar-refractivity contribution in [3.8, 4) is 0 Å². The van der Waals surface area contributed by atoms with E-state index in [1.54, 1.807) is 0 Å². The van der Waals surface area contributed by atoms with Gasteiger partial charge in [-0.05, 0) is 19.8 Å². The zero-order chi connectivity index (χ0) is 9.42. The Bertz CT molecular complexity index is 339. The Kier molecular flexibility index (Phi) is 1.83. The topological polar surface area (TPSA) is 66.0 Å². The van der Waals surface area contributed by atoms with Crippen LogP contribution in [0.4, 0.5) is 0 Å². The van der Waals surface area contributed by atoms with Gasteiger partial charge < -0.3 is 5.11 Å². The zero-order valence-corrected chi connectivity index (χ0v) is 7.50. The van der Waals surface area contributed by atoms with Crippen molar-refractivity contribution in [3.63, 3.8) is 0 Å². The van der Waals surface area contributed by atoms with Crippen LogP contribution in [0.3, 0.4) is 0 Å². The molecule has 0 bridgehead atoms. The highest BCUT2D eigenvalue weighted by Gasteiger charge is 2.25. The summed E-state index contributed by atoms with van der Waals surface area (Å²) >= 11 is 0. The molecule has 1 aromatic rings. The standard InChI is InChI=1S/C9H12N2O2/c1-5-7(6-3-2-4-6)10-11-8(5)9(12)13/h6H,2-4H2,1H3,(H,10,11)(H,12,13). The van der Waals surface area contributed by atoms with Gasteiger partial charge in [-0.25, -0.2) is 4.79 Å². The molecule has 1 aromatic heterocycles. The number of nitrogens with zero attached hydrogens (tertiary/aromatic N) is 1. The average molecular weight is 180 g/mol. The molecule has 0 spiro atoms. The van der Waals surface area contributed by atoms with E-state index >= 15 is 0 Å². The van der Waals surface area contributed by atoms with Gasteiger partial charge in [-0.15, -0.1) is 0 Å². The predicted molar refractivity (Wildman–Crippen MR) is 46.9 cm³/mol. The first-order chi connectivity index (χ1) is 6.20. The van der Waals surface area contributed by atoms with Crippen molar-refractivity contribution in [2.75, 3.05) is 0 Å². The van der Waals surface area contributed by atoms with Gasteiger partial charge in [0.2, 0.25) is 0 Å². The Labute approximate surface area is 76.0 Å². The number of aromatic nitrogens is 2. The maximum Gasteiger partial charge on any atom is 0.356 e. The van der Waals surface area contributed by atoms with E-state index in [4.69, 9.17) is 5.11 Å². The molecule has 2 N–H and O–H groups in total. The molecule has 1 saturated carbocycles. The lowest BCUT2D eigenvalue weighted by Crippen LogP contribution is -2.10. The number of H-pyrrole nitrogens is 1. The lowest BCUT2D eigenvalue weighted by atomic mass is 9.81. The van der Waals surface area contributed by atoms with Crippen molar-refractivity contribution >= 4 is 5.97 Å². The van der Waals surface area contributed by atoms with Crippen LogP contribution in [0.2, 0.25) is 0 Å². The van der Waals surface area contributed by atoms with Crippen LogP contribution in [0.15, 0.2) is 0 Å². The van der Waals surface area contributed by atoms with Crippen LogP contribution in [0.1, 0.15) is 46.9 Å². The predicted octanol–water partition coefficient (Wildman–Crippen LogP) is 1.68. The third-order valence-electron chi connectivity index (χ3n) is 2.76. The molecule has 0 amide bonds. The minimum Gasteiger partial charge on any atom is -0.476 e.